The van der Waals surface area contributed by atoms with Gasteiger partial charge >= 0.3 is 0 Å². The van der Waals surface area contributed by atoms with Crippen molar-refractivity contribution in [2.75, 3.05) is 0 Å². The van der Waals surface area contributed by atoms with Gasteiger partial charge in [-0.2, -0.15) is 5.10 Å². The molecule has 0 aliphatic heterocycles. The van der Waals surface area contributed by atoms with Gasteiger partial charge in [-0.3, -0.25) is 4.79 Å². The molecule has 6 heteroatoms. The summed E-state index contributed by atoms with van der Waals surface area (Å²) in [7, 11) is 1.57. The lowest BCUT2D eigenvalue weighted by Gasteiger charge is -2.02. The largest absolute Gasteiger partial charge is 0.290 e. The van der Waals surface area contributed by atoms with E-state index in [2.05, 4.69) is 10.1 Å². The number of carbonyl (C=O) groups excluding carboxylic acids is 1. The van der Waals surface area contributed by atoms with Crippen LogP contribution in [0.1, 0.15) is 16.2 Å². The van der Waals surface area contributed by atoms with Gasteiger partial charge in [0.1, 0.15) is 18.0 Å². The summed E-state index contributed by atoms with van der Waals surface area (Å²) in [4.78, 5) is 15.5. The second kappa shape index (κ2) is 4.40. The summed E-state index contributed by atoms with van der Waals surface area (Å²) >= 11 is 0. The molecular weight excluding hydrogens is 228 g/mol. The van der Waals surface area contributed by atoms with E-state index in [9.17, 15) is 13.6 Å². The van der Waals surface area contributed by atoms with Crippen molar-refractivity contribution in [3.8, 4) is 0 Å². The van der Waals surface area contributed by atoms with Gasteiger partial charge in [-0.1, -0.05) is 6.07 Å². The molecule has 0 radical (unpaired) electrons. The summed E-state index contributed by atoms with van der Waals surface area (Å²) in [5.74, 6) is -1.62. The van der Waals surface area contributed by atoms with E-state index in [0.717, 1.165) is 12.1 Å². The van der Waals surface area contributed by atoms with Crippen LogP contribution in [0.4, 0.5) is 8.78 Å². The maximum Gasteiger partial charge on any atom is 0.204 e. The van der Waals surface area contributed by atoms with E-state index in [1.807, 2.05) is 0 Å². The van der Waals surface area contributed by atoms with Crippen LogP contribution in [0.5, 0.6) is 0 Å². The zero-order valence-corrected chi connectivity index (χ0v) is 9.02. The van der Waals surface area contributed by atoms with Crippen molar-refractivity contribution in [1.29, 1.82) is 0 Å². The van der Waals surface area contributed by atoms with Crippen molar-refractivity contribution in [2.45, 2.75) is 6.42 Å². The first kappa shape index (κ1) is 11.4. The average Bonchev–Trinajstić information content (AvgIpc) is 2.68. The number of ketones is 1. The highest BCUT2D eigenvalue weighted by Gasteiger charge is 2.15. The lowest BCUT2D eigenvalue weighted by molar-refractivity contribution is 0.0978. The van der Waals surface area contributed by atoms with E-state index in [0.29, 0.717) is 0 Å². The number of aromatic nitrogens is 3. The number of hydrogen-bond acceptors (Lipinski definition) is 3. The van der Waals surface area contributed by atoms with Crippen LogP contribution in [0, 0.1) is 11.6 Å². The Hall–Kier alpha value is -2.11. The highest BCUT2D eigenvalue weighted by Crippen LogP contribution is 2.12. The Labute approximate surface area is 95.9 Å². The summed E-state index contributed by atoms with van der Waals surface area (Å²) in [6.07, 6.45) is 1.08. The monoisotopic (exact) mass is 237 g/mol. The van der Waals surface area contributed by atoms with Crippen molar-refractivity contribution < 1.29 is 13.6 Å². The number of halogens is 2. The minimum Gasteiger partial charge on any atom is -0.290 e. The summed E-state index contributed by atoms with van der Waals surface area (Å²) in [6, 6.07) is 3.11. The average molecular weight is 237 g/mol. The van der Waals surface area contributed by atoms with Crippen molar-refractivity contribution >= 4 is 5.78 Å². The van der Waals surface area contributed by atoms with E-state index in [1.165, 1.54) is 17.1 Å². The molecule has 0 bridgehead atoms. The molecule has 0 fully saturated rings. The Kier molecular flexibility index (Phi) is 2.95. The number of hydrogen-bond donors (Lipinski definition) is 0. The Morgan fingerprint density at radius 2 is 2.18 bits per heavy atom. The number of rotatable bonds is 3. The molecule has 4 nitrogen and oxygen atoms in total. The van der Waals surface area contributed by atoms with Crippen molar-refractivity contribution in [3.05, 3.63) is 47.5 Å². The second-order valence-electron chi connectivity index (χ2n) is 3.54. The van der Waals surface area contributed by atoms with Crippen LogP contribution in [0.2, 0.25) is 0 Å². The van der Waals surface area contributed by atoms with E-state index >= 15 is 0 Å². The van der Waals surface area contributed by atoms with E-state index in [1.54, 1.807) is 7.05 Å². The van der Waals surface area contributed by atoms with Crippen LogP contribution in [0.3, 0.4) is 0 Å². The number of benzene rings is 1. The molecule has 0 saturated heterocycles. The number of nitrogens with zero attached hydrogens (tertiary/aromatic N) is 3. The van der Waals surface area contributed by atoms with Crippen molar-refractivity contribution in [3.63, 3.8) is 0 Å². The molecule has 1 aromatic heterocycles. The zero-order chi connectivity index (χ0) is 12.4. The van der Waals surface area contributed by atoms with Crippen LogP contribution in [-0.4, -0.2) is 20.5 Å². The number of Topliss-reactive ketones (excluding diaryl/α,β-unsaturated/α-hetero) is 1. The second-order valence-corrected chi connectivity index (χ2v) is 3.54. The molecule has 88 valence electrons. The Bertz CT molecular complexity index is 566. The molecule has 2 rings (SSSR count). The third-order valence-electron chi connectivity index (χ3n) is 2.33. The summed E-state index contributed by atoms with van der Waals surface area (Å²) < 4.78 is 27.3. The SMILES string of the molecule is Cn1ncnc1C(=O)Cc1ccc(F)cc1F. The van der Waals surface area contributed by atoms with Gasteiger partial charge in [0.05, 0.1) is 0 Å². The lowest BCUT2D eigenvalue weighted by atomic mass is 10.1. The Morgan fingerprint density at radius 3 is 2.76 bits per heavy atom. The fraction of sp³-hybridized carbons (Fsp3) is 0.182. The van der Waals surface area contributed by atoms with E-state index in [-0.39, 0.29) is 23.6 Å². The van der Waals surface area contributed by atoms with Crippen LogP contribution in [0.15, 0.2) is 24.5 Å². The van der Waals surface area contributed by atoms with Crippen LogP contribution < -0.4 is 0 Å². The van der Waals surface area contributed by atoms with Gasteiger partial charge in [-0.15, -0.1) is 0 Å². The third-order valence-corrected chi connectivity index (χ3v) is 2.33. The Morgan fingerprint density at radius 1 is 1.41 bits per heavy atom. The first-order valence-electron chi connectivity index (χ1n) is 4.89. The van der Waals surface area contributed by atoms with E-state index in [4.69, 9.17) is 0 Å². The minimum atomic E-state index is -0.736. The van der Waals surface area contributed by atoms with Gasteiger partial charge in [-0.25, -0.2) is 18.4 Å². The van der Waals surface area contributed by atoms with Gasteiger partial charge in [0.25, 0.3) is 0 Å². The summed E-state index contributed by atoms with van der Waals surface area (Å²) in [6.45, 7) is 0. The van der Waals surface area contributed by atoms with Gasteiger partial charge in [0, 0.05) is 19.5 Å². The fourth-order valence-corrected chi connectivity index (χ4v) is 1.47. The lowest BCUT2D eigenvalue weighted by Crippen LogP contribution is -2.12. The predicted molar refractivity (Wildman–Crippen MR) is 55.4 cm³/mol. The molecule has 0 spiro atoms. The Balaban J connectivity index is 2.22. The fourth-order valence-electron chi connectivity index (χ4n) is 1.47. The molecule has 0 unspecified atom stereocenters. The number of carbonyl (C=O) groups is 1. The topological polar surface area (TPSA) is 47.8 Å². The third kappa shape index (κ3) is 2.35. The highest BCUT2D eigenvalue weighted by molar-refractivity contribution is 5.94. The molecule has 1 aromatic carbocycles. The van der Waals surface area contributed by atoms with E-state index < -0.39 is 11.6 Å². The molecule has 0 aliphatic rings. The quantitative estimate of drug-likeness (QED) is 0.760. The van der Waals surface area contributed by atoms with Crippen LogP contribution in [-0.2, 0) is 13.5 Å². The maximum absolute atomic E-state index is 13.3. The number of aryl methyl sites for hydroxylation is 1. The smallest absolute Gasteiger partial charge is 0.204 e. The summed E-state index contributed by atoms with van der Waals surface area (Å²) in [5, 5.41) is 3.75. The molecule has 0 atom stereocenters. The standard InChI is InChI=1S/C11H9F2N3O/c1-16-11(14-6-15-16)10(17)4-7-2-3-8(12)5-9(7)13/h2-3,5-6H,4H2,1H3. The molecule has 0 saturated carbocycles. The normalized spacial score (nSPS) is 10.5. The zero-order valence-electron chi connectivity index (χ0n) is 9.02. The highest BCUT2D eigenvalue weighted by atomic mass is 19.1. The molecule has 0 amide bonds. The van der Waals surface area contributed by atoms with Crippen LogP contribution >= 0.6 is 0 Å². The summed E-state index contributed by atoms with van der Waals surface area (Å²) in [5.41, 5.74) is 0.138. The van der Waals surface area contributed by atoms with Gasteiger partial charge in [0.15, 0.2) is 5.82 Å². The maximum atomic E-state index is 13.3. The molecule has 1 heterocycles. The molecular formula is C11H9F2N3O. The van der Waals surface area contributed by atoms with Gasteiger partial charge in [-0.05, 0) is 11.6 Å². The van der Waals surface area contributed by atoms with Crippen molar-refractivity contribution in [1.82, 2.24) is 14.8 Å². The van der Waals surface area contributed by atoms with Crippen molar-refractivity contribution in [2.24, 2.45) is 7.05 Å². The molecule has 0 aliphatic carbocycles. The van der Waals surface area contributed by atoms with Gasteiger partial charge < -0.3 is 0 Å². The first-order valence-corrected chi connectivity index (χ1v) is 4.89. The first-order chi connectivity index (χ1) is 8.08. The minimum absolute atomic E-state index is 0.138. The molecule has 2 aromatic rings. The molecule has 0 N–H and O–H groups in total. The molecule has 17 heavy (non-hydrogen) atoms. The van der Waals surface area contributed by atoms with Gasteiger partial charge in [0.2, 0.25) is 5.78 Å². The van der Waals surface area contributed by atoms with Crippen LogP contribution in [0.25, 0.3) is 0 Å². The predicted octanol–water partition coefficient (Wildman–Crippen LogP) is 1.52.